The van der Waals surface area contributed by atoms with Gasteiger partial charge in [-0.1, -0.05) is 76.1 Å². The summed E-state index contributed by atoms with van der Waals surface area (Å²) < 4.78 is 0. The highest BCUT2D eigenvalue weighted by Gasteiger charge is 2.17. The maximum absolute atomic E-state index is 3.95. The molecule has 0 N–H and O–H groups in total. The SMILES string of the molecule is Cc1ccc(C)c(C(Br)c2c(C)ccc3ccccc23)c1. The number of halogens is 1. The fraction of sp³-hybridized carbons (Fsp3) is 0.200. The lowest BCUT2D eigenvalue weighted by Crippen LogP contribution is -2.00. The highest BCUT2D eigenvalue weighted by Crippen LogP contribution is 2.39. The van der Waals surface area contributed by atoms with Crippen LogP contribution in [0.5, 0.6) is 0 Å². The summed E-state index contributed by atoms with van der Waals surface area (Å²) >= 11 is 3.95. The summed E-state index contributed by atoms with van der Waals surface area (Å²) in [6.45, 7) is 6.53. The zero-order valence-electron chi connectivity index (χ0n) is 12.7. The lowest BCUT2D eigenvalue weighted by Gasteiger charge is -2.19. The molecular formula is C20H19Br. The van der Waals surface area contributed by atoms with Crippen LogP contribution in [-0.2, 0) is 0 Å². The van der Waals surface area contributed by atoms with E-state index in [1.807, 2.05) is 0 Å². The van der Waals surface area contributed by atoms with Crippen LogP contribution in [-0.4, -0.2) is 0 Å². The molecule has 1 heteroatoms. The third kappa shape index (κ3) is 2.63. The quantitative estimate of drug-likeness (QED) is 0.484. The predicted octanol–water partition coefficient (Wildman–Crippen LogP) is 6.25. The smallest absolute Gasteiger partial charge is 0.0655 e. The molecule has 21 heavy (non-hydrogen) atoms. The fourth-order valence-electron chi connectivity index (χ4n) is 2.93. The van der Waals surface area contributed by atoms with Gasteiger partial charge in [0.15, 0.2) is 0 Å². The van der Waals surface area contributed by atoms with E-state index in [0.29, 0.717) is 0 Å². The minimum Gasteiger partial charge on any atom is -0.0786 e. The lowest BCUT2D eigenvalue weighted by atomic mass is 9.92. The van der Waals surface area contributed by atoms with Crippen LogP contribution in [0.1, 0.15) is 32.6 Å². The van der Waals surface area contributed by atoms with E-state index < -0.39 is 0 Å². The molecule has 3 rings (SSSR count). The van der Waals surface area contributed by atoms with Crippen LogP contribution >= 0.6 is 15.9 Å². The van der Waals surface area contributed by atoms with Gasteiger partial charge in [-0.3, -0.25) is 0 Å². The molecule has 3 aromatic rings. The monoisotopic (exact) mass is 338 g/mol. The Morgan fingerprint density at radius 3 is 2.33 bits per heavy atom. The van der Waals surface area contributed by atoms with E-state index in [-0.39, 0.29) is 4.83 Å². The molecule has 0 saturated heterocycles. The summed E-state index contributed by atoms with van der Waals surface area (Å²) in [7, 11) is 0. The second-order valence-corrected chi connectivity index (χ2v) is 6.66. The molecule has 0 aromatic heterocycles. The zero-order valence-corrected chi connectivity index (χ0v) is 14.2. The largest absolute Gasteiger partial charge is 0.0786 e. The van der Waals surface area contributed by atoms with Gasteiger partial charge in [0.25, 0.3) is 0 Å². The van der Waals surface area contributed by atoms with Crippen LogP contribution < -0.4 is 0 Å². The van der Waals surface area contributed by atoms with Crippen molar-refractivity contribution in [1.82, 2.24) is 0 Å². The van der Waals surface area contributed by atoms with E-state index in [4.69, 9.17) is 0 Å². The Morgan fingerprint density at radius 2 is 1.52 bits per heavy atom. The van der Waals surface area contributed by atoms with E-state index in [2.05, 4.69) is 91.3 Å². The Bertz CT molecular complexity index is 802. The Hall–Kier alpha value is -1.60. The standard InChI is InChI=1S/C20H19Br/c1-13-8-9-14(2)18(12-13)20(21)19-15(3)10-11-16-6-4-5-7-17(16)19/h4-12,20H,1-3H3. The Balaban J connectivity index is 2.24. The second-order valence-electron chi connectivity index (χ2n) is 5.74. The third-order valence-electron chi connectivity index (χ3n) is 4.15. The predicted molar refractivity (Wildman–Crippen MR) is 95.4 cm³/mol. The van der Waals surface area contributed by atoms with Crippen LogP contribution in [0.3, 0.4) is 0 Å². The Labute approximate surface area is 134 Å². The molecule has 0 radical (unpaired) electrons. The normalized spacial score (nSPS) is 12.6. The van der Waals surface area contributed by atoms with Crippen LogP contribution in [0.4, 0.5) is 0 Å². The van der Waals surface area contributed by atoms with Gasteiger partial charge in [0.1, 0.15) is 0 Å². The molecule has 3 aromatic carbocycles. The molecule has 0 aliphatic rings. The number of fused-ring (bicyclic) bond motifs is 1. The first-order chi connectivity index (χ1) is 10.1. The van der Waals surface area contributed by atoms with E-state index >= 15 is 0 Å². The van der Waals surface area contributed by atoms with Crippen LogP contribution in [0.2, 0.25) is 0 Å². The van der Waals surface area contributed by atoms with E-state index in [0.717, 1.165) is 0 Å². The van der Waals surface area contributed by atoms with Gasteiger partial charge in [0.2, 0.25) is 0 Å². The fourth-order valence-corrected chi connectivity index (χ4v) is 4.03. The highest BCUT2D eigenvalue weighted by molar-refractivity contribution is 9.09. The van der Waals surface area contributed by atoms with E-state index in [1.54, 1.807) is 0 Å². The van der Waals surface area contributed by atoms with Crippen LogP contribution in [0, 0.1) is 20.8 Å². The van der Waals surface area contributed by atoms with Crippen molar-refractivity contribution in [3.8, 4) is 0 Å². The van der Waals surface area contributed by atoms with Gasteiger partial charge in [-0.15, -0.1) is 0 Å². The first kappa shape index (κ1) is 14.3. The van der Waals surface area contributed by atoms with Crippen molar-refractivity contribution in [3.63, 3.8) is 0 Å². The van der Waals surface area contributed by atoms with Gasteiger partial charge in [-0.2, -0.15) is 0 Å². The van der Waals surface area contributed by atoms with Gasteiger partial charge >= 0.3 is 0 Å². The summed E-state index contributed by atoms with van der Waals surface area (Å²) in [4.78, 5) is 0.225. The molecule has 0 saturated carbocycles. The summed E-state index contributed by atoms with van der Waals surface area (Å²) in [6, 6.07) is 19.7. The average Bonchev–Trinajstić information content (AvgIpc) is 2.49. The molecule has 0 spiro atoms. The molecule has 0 bridgehead atoms. The summed E-state index contributed by atoms with van der Waals surface area (Å²) in [5, 5.41) is 2.63. The maximum Gasteiger partial charge on any atom is 0.0655 e. The molecule has 0 amide bonds. The van der Waals surface area contributed by atoms with Crippen molar-refractivity contribution in [2.24, 2.45) is 0 Å². The molecule has 1 atom stereocenters. The van der Waals surface area contributed by atoms with Crippen molar-refractivity contribution in [2.45, 2.75) is 25.6 Å². The topological polar surface area (TPSA) is 0 Å². The maximum atomic E-state index is 3.95. The molecule has 0 heterocycles. The lowest BCUT2D eigenvalue weighted by molar-refractivity contribution is 1.12. The van der Waals surface area contributed by atoms with Crippen molar-refractivity contribution in [2.75, 3.05) is 0 Å². The molecule has 1 unspecified atom stereocenters. The van der Waals surface area contributed by atoms with Crippen LogP contribution in [0.15, 0.2) is 54.6 Å². The van der Waals surface area contributed by atoms with Gasteiger partial charge in [0.05, 0.1) is 4.83 Å². The summed E-state index contributed by atoms with van der Waals surface area (Å²) in [5.74, 6) is 0. The van der Waals surface area contributed by atoms with Gasteiger partial charge < -0.3 is 0 Å². The highest BCUT2D eigenvalue weighted by atomic mass is 79.9. The molecule has 0 aliphatic heterocycles. The molecular weight excluding hydrogens is 320 g/mol. The zero-order chi connectivity index (χ0) is 15.0. The second kappa shape index (κ2) is 5.65. The molecule has 0 aliphatic carbocycles. The number of aryl methyl sites for hydroxylation is 3. The third-order valence-corrected chi connectivity index (χ3v) is 5.10. The minimum atomic E-state index is 0.225. The summed E-state index contributed by atoms with van der Waals surface area (Å²) in [5.41, 5.74) is 6.69. The van der Waals surface area contributed by atoms with Gasteiger partial charge in [-0.05, 0) is 53.8 Å². The van der Waals surface area contributed by atoms with Crippen LogP contribution in [0.25, 0.3) is 10.8 Å². The number of hydrogen-bond donors (Lipinski definition) is 0. The van der Waals surface area contributed by atoms with Crippen molar-refractivity contribution in [1.29, 1.82) is 0 Å². The molecule has 0 nitrogen and oxygen atoms in total. The first-order valence-electron chi connectivity index (χ1n) is 7.27. The molecule has 106 valence electrons. The average molecular weight is 339 g/mol. The van der Waals surface area contributed by atoms with Crippen molar-refractivity contribution in [3.05, 3.63) is 82.4 Å². The summed E-state index contributed by atoms with van der Waals surface area (Å²) in [6.07, 6.45) is 0. The number of benzene rings is 3. The van der Waals surface area contributed by atoms with E-state index in [1.165, 1.54) is 38.6 Å². The Morgan fingerprint density at radius 1 is 0.810 bits per heavy atom. The molecule has 0 fully saturated rings. The number of rotatable bonds is 2. The van der Waals surface area contributed by atoms with Crippen molar-refractivity contribution < 1.29 is 0 Å². The number of hydrogen-bond acceptors (Lipinski definition) is 0. The Kier molecular flexibility index (Phi) is 3.86. The first-order valence-corrected chi connectivity index (χ1v) is 8.19. The van der Waals surface area contributed by atoms with Gasteiger partial charge in [0, 0.05) is 0 Å². The van der Waals surface area contributed by atoms with Crippen molar-refractivity contribution >= 4 is 26.7 Å². The minimum absolute atomic E-state index is 0.225. The van der Waals surface area contributed by atoms with E-state index in [9.17, 15) is 0 Å². The van der Waals surface area contributed by atoms with Gasteiger partial charge in [-0.25, -0.2) is 0 Å². The number of alkyl halides is 1.